The first-order valence-corrected chi connectivity index (χ1v) is 14.0. The molecule has 0 saturated heterocycles. The van der Waals surface area contributed by atoms with Gasteiger partial charge in [0.05, 0.1) is 26.3 Å². The SMILES string of the molecule is CCOc1ccc(C(C(=O)NC(C)(C)C)N(CCc2ccc(OC)c(OC)c2)C(=O)Cn2nnc3ccccc32)cc1. The predicted octanol–water partition coefficient (Wildman–Crippen LogP) is 4.57. The Morgan fingerprint density at radius 2 is 1.69 bits per heavy atom. The molecule has 4 aromatic rings. The molecular formula is C32H39N5O5. The molecule has 2 amide bonds. The number of aromatic nitrogens is 3. The molecule has 42 heavy (non-hydrogen) atoms. The van der Waals surface area contributed by atoms with E-state index in [4.69, 9.17) is 14.2 Å². The number of carbonyl (C=O) groups is 2. The Bertz CT molecular complexity index is 1510. The molecule has 4 rings (SSSR count). The van der Waals surface area contributed by atoms with Crippen molar-refractivity contribution in [2.24, 2.45) is 0 Å². The fraction of sp³-hybridized carbons (Fsp3) is 0.375. The number of hydrogen-bond acceptors (Lipinski definition) is 7. The van der Waals surface area contributed by atoms with Crippen molar-refractivity contribution in [3.63, 3.8) is 0 Å². The number of nitrogens with one attached hydrogen (secondary N) is 1. The first kappa shape index (κ1) is 30.4. The fourth-order valence-corrected chi connectivity index (χ4v) is 4.76. The van der Waals surface area contributed by atoms with Crippen LogP contribution in [-0.4, -0.2) is 64.6 Å². The molecule has 1 N–H and O–H groups in total. The minimum Gasteiger partial charge on any atom is -0.494 e. The Balaban J connectivity index is 1.73. The lowest BCUT2D eigenvalue weighted by Gasteiger charge is -2.34. The van der Waals surface area contributed by atoms with E-state index in [0.717, 1.165) is 11.1 Å². The van der Waals surface area contributed by atoms with Crippen molar-refractivity contribution in [1.82, 2.24) is 25.2 Å². The zero-order valence-corrected chi connectivity index (χ0v) is 25.1. The maximum Gasteiger partial charge on any atom is 0.247 e. The van der Waals surface area contributed by atoms with Crippen LogP contribution < -0.4 is 19.5 Å². The molecule has 0 fully saturated rings. The van der Waals surface area contributed by atoms with E-state index in [1.807, 2.05) is 94.4 Å². The summed E-state index contributed by atoms with van der Waals surface area (Å²) >= 11 is 0. The Morgan fingerprint density at radius 1 is 0.976 bits per heavy atom. The summed E-state index contributed by atoms with van der Waals surface area (Å²) in [6, 6.07) is 19.5. The van der Waals surface area contributed by atoms with E-state index in [1.54, 1.807) is 23.8 Å². The predicted molar refractivity (Wildman–Crippen MR) is 161 cm³/mol. The minimum atomic E-state index is -0.901. The second kappa shape index (κ2) is 13.4. The Hall–Kier alpha value is -4.60. The lowest BCUT2D eigenvalue weighted by Crippen LogP contribution is -2.50. The lowest BCUT2D eigenvalue weighted by molar-refractivity contribution is -0.142. The molecule has 10 nitrogen and oxygen atoms in total. The zero-order chi connectivity index (χ0) is 30.3. The molecule has 1 aromatic heterocycles. The van der Waals surface area contributed by atoms with E-state index in [-0.39, 0.29) is 24.9 Å². The van der Waals surface area contributed by atoms with Gasteiger partial charge in [0, 0.05) is 12.1 Å². The molecular weight excluding hydrogens is 534 g/mol. The molecule has 0 saturated carbocycles. The van der Waals surface area contributed by atoms with Gasteiger partial charge in [0.2, 0.25) is 11.8 Å². The molecule has 0 aliphatic carbocycles. The first-order chi connectivity index (χ1) is 20.1. The highest BCUT2D eigenvalue weighted by molar-refractivity contribution is 5.89. The molecule has 10 heteroatoms. The molecule has 0 spiro atoms. The molecule has 0 aliphatic rings. The molecule has 3 aromatic carbocycles. The van der Waals surface area contributed by atoms with Crippen molar-refractivity contribution >= 4 is 22.8 Å². The molecule has 0 bridgehead atoms. The molecule has 0 radical (unpaired) electrons. The van der Waals surface area contributed by atoms with E-state index < -0.39 is 11.6 Å². The third-order valence-electron chi connectivity index (χ3n) is 6.68. The quantitative estimate of drug-likeness (QED) is 0.264. The van der Waals surface area contributed by atoms with Gasteiger partial charge in [-0.05, 0) is 81.6 Å². The average Bonchev–Trinajstić information content (AvgIpc) is 3.37. The summed E-state index contributed by atoms with van der Waals surface area (Å²) in [6.45, 7) is 8.36. The van der Waals surface area contributed by atoms with E-state index in [2.05, 4.69) is 15.6 Å². The minimum absolute atomic E-state index is 0.0806. The smallest absolute Gasteiger partial charge is 0.247 e. The van der Waals surface area contributed by atoms with Crippen LogP contribution in [0.25, 0.3) is 11.0 Å². The highest BCUT2D eigenvalue weighted by Crippen LogP contribution is 2.29. The zero-order valence-electron chi connectivity index (χ0n) is 25.1. The number of hydrogen-bond donors (Lipinski definition) is 1. The summed E-state index contributed by atoms with van der Waals surface area (Å²) in [5.74, 6) is 1.35. The van der Waals surface area contributed by atoms with Gasteiger partial charge in [0.15, 0.2) is 11.5 Å². The van der Waals surface area contributed by atoms with Gasteiger partial charge in [-0.3, -0.25) is 9.59 Å². The summed E-state index contributed by atoms with van der Waals surface area (Å²) in [6.07, 6.45) is 0.473. The van der Waals surface area contributed by atoms with Crippen LogP contribution in [0, 0.1) is 0 Å². The van der Waals surface area contributed by atoms with Crippen molar-refractivity contribution in [2.75, 3.05) is 27.4 Å². The van der Waals surface area contributed by atoms with E-state index in [1.165, 1.54) is 0 Å². The lowest BCUT2D eigenvalue weighted by atomic mass is 10.0. The number of benzene rings is 3. The van der Waals surface area contributed by atoms with Crippen molar-refractivity contribution in [2.45, 2.75) is 52.2 Å². The summed E-state index contributed by atoms with van der Waals surface area (Å²) < 4.78 is 18.1. The van der Waals surface area contributed by atoms with Gasteiger partial charge in [-0.25, -0.2) is 4.68 Å². The number of carbonyl (C=O) groups excluding carboxylic acids is 2. The van der Waals surface area contributed by atoms with Crippen LogP contribution in [0.2, 0.25) is 0 Å². The van der Waals surface area contributed by atoms with Crippen LogP contribution in [0.1, 0.15) is 44.9 Å². The number of nitrogens with zero attached hydrogens (tertiary/aromatic N) is 4. The van der Waals surface area contributed by atoms with Crippen LogP contribution in [0.5, 0.6) is 17.2 Å². The summed E-state index contributed by atoms with van der Waals surface area (Å²) in [5, 5.41) is 11.5. The Labute approximate surface area is 246 Å². The monoisotopic (exact) mass is 573 g/mol. The number of para-hydroxylation sites is 1. The van der Waals surface area contributed by atoms with Crippen LogP contribution >= 0.6 is 0 Å². The maximum absolute atomic E-state index is 14.1. The van der Waals surface area contributed by atoms with Crippen LogP contribution in [-0.2, 0) is 22.6 Å². The molecule has 1 atom stereocenters. The van der Waals surface area contributed by atoms with Crippen LogP contribution in [0.3, 0.4) is 0 Å². The van der Waals surface area contributed by atoms with Crippen molar-refractivity contribution in [3.8, 4) is 17.2 Å². The van der Waals surface area contributed by atoms with Crippen molar-refractivity contribution < 1.29 is 23.8 Å². The molecule has 0 aliphatic heterocycles. The van der Waals surface area contributed by atoms with Crippen LogP contribution in [0.4, 0.5) is 0 Å². The average molecular weight is 574 g/mol. The van der Waals surface area contributed by atoms with Gasteiger partial charge >= 0.3 is 0 Å². The summed E-state index contributed by atoms with van der Waals surface area (Å²) in [5.41, 5.74) is 2.52. The second-order valence-electron chi connectivity index (χ2n) is 10.9. The van der Waals surface area contributed by atoms with Gasteiger partial charge in [-0.1, -0.05) is 35.5 Å². The highest BCUT2D eigenvalue weighted by Gasteiger charge is 2.33. The van der Waals surface area contributed by atoms with E-state index in [9.17, 15) is 9.59 Å². The highest BCUT2D eigenvalue weighted by atomic mass is 16.5. The fourth-order valence-electron chi connectivity index (χ4n) is 4.76. The third-order valence-corrected chi connectivity index (χ3v) is 6.68. The van der Waals surface area contributed by atoms with Gasteiger partial charge in [0.1, 0.15) is 23.9 Å². The van der Waals surface area contributed by atoms with Crippen molar-refractivity contribution in [3.05, 3.63) is 77.9 Å². The van der Waals surface area contributed by atoms with Gasteiger partial charge in [-0.2, -0.15) is 0 Å². The van der Waals surface area contributed by atoms with Gasteiger partial charge < -0.3 is 24.4 Å². The maximum atomic E-state index is 14.1. The summed E-state index contributed by atoms with van der Waals surface area (Å²) in [7, 11) is 3.17. The van der Waals surface area contributed by atoms with Gasteiger partial charge in [0.25, 0.3) is 0 Å². The number of rotatable bonds is 12. The standard InChI is InChI=1S/C32H39N5O5/c1-7-42-24-15-13-23(14-16-24)30(31(39)33-32(2,3)4)36(19-18-22-12-17-27(40-5)28(20-22)41-6)29(38)21-37-26-11-9-8-10-25(26)34-35-37/h8-17,20,30H,7,18-19,21H2,1-6H3,(H,33,39). The molecule has 1 heterocycles. The van der Waals surface area contributed by atoms with Gasteiger partial charge in [-0.15, -0.1) is 5.10 Å². The topological polar surface area (TPSA) is 108 Å². The van der Waals surface area contributed by atoms with Crippen LogP contribution in [0.15, 0.2) is 66.7 Å². The normalized spacial score (nSPS) is 12.0. The number of fused-ring (bicyclic) bond motifs is 1. The Morgan fingerprint density at radius 3 is 2.36 bits per heavy atom. The third kappa shape index (κ3) is 7.37. The number of methoxy groups -OCH3 is 2. The first-order valence-electron chi connectivity index (χ1n) is 14.0. The van der Waals surface area contributed by atoms with E-state index >= 15 is 0 Å². The largest absolute Gasteiger partial charge is 0.494 e. The number of amides is 2. The Kier molecular flexibility index (Phi) is 9.67. The molecule has 222 valence electrons. The van der Waals surface area contributed by atoms with E-state index in [0.29, 0.717) is 41.4 Å². The number of ether oxygens (including phenoxy) is 3. The molecule has 1 unspecified atom stereocenters. The second-order valence-corrected chi connectivity index (χ2v) is 10.9. The summed E-state index contributed by atoms with van der Waals surface area (Å²) in [4.78, 5) is 29.7. The van der Waals surface area contributed by atoms with Crippen molar-refractivity contribution in [1.29, 1.82) is 0 Å².